The topological polar surface area (TPSA) is 58.8 Å². The van der Waals surface area contributed by atoms with Crippen molar-refractivity contribution >= 4 is 0 Å². The molecule has 1 heterocycles. The monoisotopic (exact) mass is 89.0 g/mol. The molecule has 1 atom stereocenters. The van der Waals surface area contributed by atoms with E-state index in [1.54, 1.807) is 0 Å². The third-order valence-electron chi connectivity index (χ3n) is 0.783. The van der Waals surface area contributed by atoms with Gasteiger partial charge in [0.1, 0.15) is 0 Å². The highest BCUT2D eigenvalue weighted by Crippen LogP contribution is 2.16. The van der Waals surface area contributed by atoms with E-state index in [0.29, 0.717) is 6.61 Å². The van der Waals surface area contributed by atoms with Crippen molar-refractivity contribution < 1.29 is 9.84 Å². The predicted molar refractivity (Wildman–Crippen MR) is 20.0 cm³/mol. The van der Waals surface area contributed by atoms with Crippen LogP contribution in [0.15, 0.2) is 0 Å². The van der Waals surface area contributed by atoms with Crippen molar-refractivity contribution in [2.45, 2.75) is 5.72 Å². The molecule has 0 aromatic rings. The van der Waals surface area contributed by atoms with Gasteiger partial charge in [0.2, 0.25) is 0 Å². The van der Waals surface area contributed by atoms with Crippen LogP contribution in [0.25, 0.3) is 0 Å². The Morgan fingerprint density at radius 3 is 2.50 bits per heavy atom. The van der Waals surface area contributed by atoms with Crippen LogP contribution < -0.4 is 5.73 Å². The largest absolute Gasteiger partial charge is 0.392 e. The summed E-state index contributed by atoms with van der Waals surface area (Å²) in [6.07, 6.45) is 0. The maximum atomic E-state index is 8.22. The number of hydrogen-bond donors (Lipinski definition) is 2. The maximum absolute atomic E-state index is 8.22. The minimum absolute atomic E-state index is 0.0625. The van der Waals surface area contributed by atoms with Gasteiger partial charge < -0.3 is 9.84 Å². The van der Waals surface area contributed by atoms with Crippen LogP contribution >= 0.6 is 0 Å². The van der Waals surface area contributed by atoms with Crippen molar-refractivity contribution in [1.82, 2.24) is 0 Å². The summed E-state index contributed by atoms with van der Waals surface area (Å²) in [5, 5.41) is 8.22. The molecule has 1 saturated heterocycles. The highest BCUT2D eigenvalue weighted by Gasteiger charge is 2.39. The lowest BCUT2D eigenvalue weighted by Gasteiger charge is -1.92. The highest BCUT2D eigenvalue weighted by molar-refractivity contribution is 4.83. The normalized spacial score (nSPS) is 43.0. The summed E-state index contributed by atoms with van der Waals surface area (Å²) in [7, 11) is 0. The van der Waals surface area contributed by atoms with Crippen LogP contribution in [0.1, 0.15) is 0 Å². The molecule has 36 valence electrons. The number of hydrogen-bond acceptors (Lipinski definition) is 3. The molecule has 0 saturated carbocycles. The summed E-state index contributed by atoms with van der Waals surface area (Å²) in [4.78, 5) is 0. The lowest BCUT2D eigenvalue weighted by molar-refractivity contribution is 0.177. The van der Waals surface area contributed by atoms with E-state index in [4.69, 9.17) is 10.8 Å². The van der Waals surface area contributed by atoms with Gasteiger partial charge in [-0.3, -0.25) is 5.73 Å². The molecular formula is C3H7NO2. The number of ether oxygens (including phenoxy) is 1. The molecule has 0 aromatic carbocycles. The molecule has 0 radical (unpaired) electrons. The van der Waals surface area contributed by atoms with Crippen molar-refractivity contribution in [2.24, 2.45) is 5.73 Å². The fraction of sp³-hybridized carbons (Fsp3) is 1.00. The third kappa shape index (κ3) is 0.518. The van der Waals surface area contributed by atoms with Crippen LogP contribution in [0, 0.1) is 0 Å². The minimum atomic E-state index is -0.653. The Morgan fingerprint density at radius 2 is 2.50 bits per heavy atom. The average molecular weight is 89.1 g/mol. The Hall–Kier alpha value is -0.120. The first-order valence-electron chi connectivity index (χ1n) is 1.80. The summed E-state index contributed by atoms with van der Waals surface area (Å²) < 4.78 is 4.57. The number of nitrogens with two attached hydrogens (primary N) is 1. The lowest BCUT2D eigenvalue weighted by Crippen LogP contribution is -2.27. The van der Waals surface area contributed by atoms with Crippen molar-refractivity contribution in [2.75, 3.05) is 13.2 Å². The quantitative estimate of drug-likeness (QED) is 0.391. The van der Waals surface area contributed by atoms with Gasteiger partial charge in [-0.25, -0.2) is 0 Å². The Balaban J connectivity index is 2.28. The smallest absolute Gasteiger partial charge is 0.163 e. The predicted octanol–water partition coefficient (Wildman–Crippen LogP) is -1.34. The second-order valence-electron chi connectivity index (χ2n) is 1.51. The Labute approximate surface area is 35.7 Å². The molecule has 0 amide bonds. The third-order valence-corrected chi connectivity index (χ3v) is 0.783. The second kappa shape index (κ2) is 0.932. The van der Waals surface area contributed by atoms with Gasteiger partial charge in [0.25, 0.3) is 0 Å². The zero-order chi connectivity index (χ0) is 4.62. The number of aliphatic hydroxyl groups excluding tert-OH is 1. The first-order valence-corrected chi connectivity index (χ1v) is 1.80. The molecule has 6 heavy (non-hydrogen) atoms. The van der Waals surface area contributed by atoms with Gasteiger partial charge >= 0.3 is 0 Å². The summed E-state index contributed by atoms with van der Waals surface area (Å²) in [6, 6.07) is 0. The number of epoxide rings is 1. The molecule has 1 aliphatic rings. The van der Waals surface area contributed by atoms with E-state index >= 15 is 0 Å². The van der Waals surface area contributed by atoms with Gasteiger partial charge in [0.15, 0.2) is 5.72 Å². The summed E-state index contributed by atoms with van der Waals surface area (Å²) in [6.45, 7) is 0.441. The van der Waals surface area contributed by atoms with Crippen LogP contribution in [-0.2, 0) is 4.74 Å². The fourth-order valence-electron chi connectivity index (χ4n) is 0.184. The SMILES string of the molecule is N[C@@]1(CO)CO1. The molecule has 1 fully saturated rings. The van der Waals surface area contributed by atoms with Crippen LogP contribution in [0.3, 0.4) is 0 Å². The average Bonchev–Trinajstić information content (AvgIpc) is 2.22. The van der Waals surface area contributed by atoms with Gasteiger partial charge in [-0.2, -0.15) is 0 Å². The zero-order valence-electron chi connectivity index (χ0n) is 3.35. The van der Waals surface area contributed by atoms with E-state index in [-0.39, 0.29) is 6.61 Å². The Bertz CT molecular complexity index is 59.8. The maximum Gasteiger partial charge on any atom is 0.163 e. The standard InChI is InChI=1S/C3H7NO2/c4-3(1-5)2-6-3/h5H,1-2,4H2/t3-/m1/s1. The van der Waals surface area contributed by atoms with E-state index in [9.17, 15) is 0 Å². The minimum Gasteiger partial charge on any atom is -0.392 e. The van der Waals surface area contributed by atoms with Gasteiger partial charge in [0, 0.05) is 0 Å². The Morgan fingerprint density at radius 1 is 2.00 bits per heavy atom. The van der Waals surface area contributed by atoms with E-state index < -0.39 is 5.72 Å². The van der Waals surface area contributed by atoms with Crippen LogP contribution in [0.4, 0.5) is 0 Å². The van der Waals surface area contributed by atoms with Crippen molar-refractivity contribution in [3.05, 3.63) is 0 Å². The lowest BCUT2D eigenvalue weighted by atomic mass is 10.4. The van der Waals surface area contributed by atoms with Crippen LogP contribution in [0.5, 0.6) is 0 Å². The van der Waals surface area contributed by atoms with Gasteiger partial charge in [-0.15, -0.1) is 0 Å². The van der Waals surface area contributed by atoms with Crippen LogP contribution in [0.2, 0.25) is 0 Å². The van der Waals surface area contributed by atoms with E-state index in [0.717, 1.165) is 0 Å². The molecule has 1 aliphatic heterocycles. The van der Waals surface area contributed by atoms with Crippen molar-refractivity contribution in [1.29, 1.82) is 0 Å². The summed E-state index contributed by atoms with van der Waals surface area (Å²) in [5.41, 5.74) is 4.52. The molecule has 0 bridgehead atoms. The Kier molecular flexibility index (Phi) is 0.629. The molecule has 0 spiro atoms. The molecule has 0 aromatic heterocycles. The first-order chi connectivity index (χ1) is 2.77. The second-order valence-corrected chi connectivity index (χ2v) is 1.51. The highest BCUT2D eigenvalue weighted by atomic mass is 16.6. The fourth-order valence-corrected chi connectivity index (χ4v) is 0.184. The van der Waals surface area contributed by atoms with E-state index in [2.05, 4.69) is 4.74 Å². The molecule has 3 nitrogen and oxygen atoms in total. The number of aliphatic hydroxyl groups is 1. The summed E-state index contributed by atoms with van der Waals surface area (Å²) in [5.74, 6) is 0. The van der Waals surface area contributed by atoms with Crippen molar-refractivity contribution in [3.63, 3.8) is 0 Å². The van der Waals surface area contributed by atoms with E-state index in [1.807, 2.05) is 0 Å². The van der Waals surface area contributed by atoms with Crippen molar-refractivity contribution in [3.8, 4) is 0 Å². The summed E-state index contributed by atoms with van der Waals surface area (Å²) >= 11 is 0. The van der Waals surface area contributed by atoms with E-state index in [1.165, 1.54) is 0 Å². The van der Waals surface area contributed by atoms with Gasteiger partial charge in [-0.1, -0.05) is 0 Å². The molecule has 3 heteroatoms. The molecular weight excluding hydrogens is 82.0 g/mol. The first kappa shape index (κ1) is 4.05. The molecule has 1 rings (SSSR count). The van der Waals surface area contributed by atoms with Gasteiger partial charge in [-0.05, 0) is 0 Å². The zero-order valence-corrected chi connectivity index (χ0v) is 3.35. The van der Waals surface area contributed by atoms with Crippen LogP contribution in [-0.4, -0.2) is 24.0 Å². The molecule has 0 unspecified atom stereocenters. The molecule has 0 aliphatic carbocycles. The molecule has 3 N–H and O–H groups in total. The number of rotatable bonds is 1. The van der Waals surface area contributed by atoms with Gasteiger partial charge in [0.05, 0.1) is 13.2 Å².